The van der Waals surface area contributed by atoms with Crippen molar-refractivity contribution in [1.29, 1.82) is 0 Å². The van der Waals surface area contributed by atoms with E-state index in [0.29, 0.717) is 55.7 Å². The van der Waals surface area contributed by atoms with Crippen LogP contribution in [0.25, 0.3) is 5.69 Å². The molecule has 1 fully saturated rings. The molecule has 0 radical (unpaired) electrons. The Morgan fingerprint density at radius 3 is 2.61 bits per heavy atom. The second kappa shape index (κ2) is 10.3. The van der Waals surface area contributed by atoms with Crippen LogP contribution in [0.5, 0.6) is 11.5 Å². The van der Waals surface area contributed by atoms with E-state index in [0.717, 1.165) is 22.5 Å². The second-order valence-electron chi connectivity index (χ2n) is 10.0. The summed E-state index contributed by atoms with van der Waals surface area (Å²) < 4.78 is 20.8. The third kappa shape index (κ3) is 4.74. The van der Waals surface area contributed by atoms with Gasteiger partial charge in [-0.05, 0) is 55.2 Å². The number of amides is 1. The first-order chi connectivity index (χ1) is 18.5. The van der Waals surface area contributed by atoms with Gasteiger partial charge in [-0.1, -0.05) is 23.7 Å². The molecule has 0 bridgehead atoms. The predicted octanol–water partition coefficient (Wildman–Crippen LogP) is 5.17. The van der Waals surface area contributed by atoms with Gasteiger partial charge in [-0.15, -0.1) is 0 Å². The Kier molecular flexibility index (Phi) is 6.76. The summed E-state index contributed by atoms with van der Waals surface area (Å²) in [4.78, 5) is 26.4. The topological polar surface area (TPSA) is 90.2 Å². The summed E-state index contributed by atoms with van der Waals surface area (Å²) in [6.45, 7) is 2.04. The first kappa shape index (κ1) is 24.8. The summed E-state index contributed by atoms with van der Waals surface area (Å²) in [6.07, 6.45) is 2.61. The lowest BCUT2D eigenvalue weighted by Crippen LogP contribution is -2.39. The zero-order chi connectivity index (χ0) is 26.2. The fourth-order valence-corrected chi connectivity index (χ4v) is 5.94. The van der Waals surface area contributed by atoms with E-state index in [2.05, 4.69) is 4.57 Å². The number of rotatable bonds is 5. The van der Waals surface area contributed by atoms with Crippen molar-refractivity contribution in [3.63, 3.8) is 0 Å². The molecule has 2 atom stereocenters. The fraction of sp³-hybridized carbons (Fsp3) is 0.379. The van der Waals surface area contributed by atoms with Gasteiger partial charge in [0.25, 0.3) is 0 Å². The Bertz CT molecular complexity index is 1360. The van der Waals surface area contributed by atoms with E-state index in [-0.39, 0.29) is 24.7 Å². The molecular formula is C29H29ClN2O6. The minimum absolute atomic E-state index is 0.00561. The molecule has 0 spiro atoms. The summed E-state index contributed by atoms with van der Waals surface area (Å²) in [5, 5.41) is 9.71. The Labute approximate surface area is 225 Å². The third-order valence-corrected chi connectivity index (χ3v) is 7.85. The molecule has 0 unspecified atom stereocenters. The molecule has 1 saturated heterocycles. The molecule has 3 aliphatic rings. The number of halogens is 1. The number of ether oxygens (including phenoxy) is 3. The van der Waals surface area contributed by atoms with Crippen molar-refractivity contribution in [1.82, 2.24) is 9.47 Å². The van der Waals surface area contributed by atoms with Gasteiger partial charge in [0.1, 0.15) is 25.4 Å². The van der Waals surface area contributed by atoms with Crippen LogP contribution in [-0.4, -0.2) is 52.8 Å². The molecule has 8 nitrogen and oxygen atoms in total. The van der Waals surface area contributed by atoms with E-state index in [1.165, 1.54) is 0 Å². The number of piperidine rings is 1. The van der Waals surface area contributed by atoms with Crippen molar-refractivity contribution in [2.45, 2.75) is 37.9 Å². The van der Waals surface area contributed by atoms with Gasteiger partial charge in [0.2, 0.25) is 5.91 Å². The van der Waals surface area contributed by atoms with Crippen LogP contribution in [0.4, 0.5) is 0 Å². The Balaban J connectivity index is 1.33. The number of aliphatic carboxylic acids is 1. The minimum atomic E-state index is -0.786. The summed E-state index contributed by atoms with van der Waals surface area (Å²) in [5.41, 5.74) is 3.51. The van der Waals surface area contributed by atoms with Crippen LogP contribution in [0.3, 0.4) is 0 Å². The van der Waals surface area contributed by atoms with E-state index in [1.807, 2.05) is 59.6 Å². The van der Waals surface area contributed by atoms with Gasteiger partial charge in [-0.25, -0.2) is 0 Å². The highest BCUT2D eigenvalue weighted by molar-refractivity contribution is 6.30. The van der Waals surface area contributed by atoms with Gasteiger partial charge in [-0.3, -0.25) is 9.59 Å². The first-order valence-electron chi connectivity index (χ1n) is 13.0. The third-order valence-electron chi connectivity index (χ3n) is 7.61. The van der Waals surface area contributed by atoms with E-state index >= 15 is 0 Å². The zero-order valence-corrected chi connectivity index (χ0v) is 21.6. The highest BCUT2D eigenvalue weighted by Gasteiger charge is 2.35. The van der Waals surface area contributed by atoms with Gasteiger partial charge >= 0.3 is 5.97 Å². The van der Waals surface area contributed by atoms with Gasteiger partial charge < -0.3 is 28.8 Å². The van der Waals surface area contributed by atoms with Crippen molar-refractivity contribution >= 4 is 23.5 Å². The van der Waals surface area contributed by atoms with E-state index < -0.39 is 18.2 Å². The van der Waals surface area contributed by atoms with E-state index in [4.69, 9.17) is 30.9 Å². The lowest BCUT2D eigenvalue weighted by molar-refractivity contribution is -0.139. The zero-order valence-electron chi connectivity index (χ0n) is 20.8. The first-order valence-corrected chi connectivity index (χ1v) is 13.4. The monoisotopic (exact) mass is 536 g/mol. The number of benzene rings is 2. The average molecular weight is 537 g/mol. The van der Waals surface area contributed by atoms with Crippen LogP contribution in [0.15, 0.2) is 54.7 Å². The molecular weight excluding hydrogens is 508 g/mol. The molecule has 38 heavy (non-hydrogen) atoms. The van der Waals surface area contributed by atoms with Crippen LogP contribution in [0.1, 0.15) is 54.7 Å². The summed E-state index contributed by atoms with van der Waals surface area (Å²) in [7, 11) is 0. The quantitative estimate of drug-likeness (QED) is 0.484. The number of fused-ring (bicyclic) bond motifs is 4. The second-order valence-corrected chi connectivity index (χ2v) is 10.4. The van der Waals surface area contributed by atoms with Crippen molar-refractivity contribution in [2.24, 2.45) is 5.92 Å². The highest BCUT2D eigenvalue weighted by atomic mass is 35.5. The molecule has 2 aromatic carbocycles. The van der Waals surface area contributed by atoms with Crippen molar-refractivity contribution in [2.75, 3.05) is 26.3 Å². The van der Waals surface area contributed by atoms with Gasteiger partial charge in [0, 0.05) is 41.9 Å². The molecule has 3 aliphatic heterocycles. The normalized spacial score (nSPS) is 20.8. The number of carboxylic acid groups (broad SMARTS) is 1. The number of hydrogen-bond donors (Lipinski definition) is 1. The lowest BCUT2D eigenvalue weighted by Gasteiger charge is -2.33. The van der Waals surface area contributed by atoms with Gasteiger partial charge in [0.05, 0.1) is 17.8 Å². The molecule has 1 aromatic heterocycles. The number of hydrogen-bond acceptors (Lipinski definition) is 5. The molecule has 3 aromatic rings. The molecule has 1 N–H and O–H groups in total. The van der Waals surface area contributed by atoms with Crippen molar-refractivity contribution in [3.8, 4) is 17.2 Å². The molecule has 198 valence electrons. The van der Waals surface area contributed by atoms with Crippen LogP contribution in [0, 0.1) is 5.92 Å². The Hall–Kier alpha value is -3.49. The van der Waals surface area contributed by atoms with Crippen LogP contribution in [0.2, 0.25) is 5.02 Å². The van der Waals surface area contributed by atoms with Crippen molar-refractivity contribution in [3.05, 3.63) is 76.6 Å². The fourth-order valence-electron chi connectivity index (χ4n) is 5.76. The van der Waals surface area contributed by atoms with E-state index in [1.54, 1.807) is 0 Å². The number of carbonyl (C=O) groups is 2. The maximum Gasteiger partial charge on any atom is 0.303 e. The predicted molar refractivity (Wildman–Crippen MR) is 140 cm³/mol. The summed E-state index contributed by atoms with van der Waals surface area (Å²) >= 11 is 6.47. The number of nitrogens with zero attached hydrogens (tertiary/aromatic N) is 2. The summed E-state index contributed by atoms with van der Waals surface area (Å²) in [6, 6.07) is 15.4. The molecule has 0 saturated carbocycles. The largest absolute Gasteiger partial charge is 0.486 e. The molecule has 0 aliphatic carbocycles. The standard InChI is InChI=1S/C29H29ClN2O6/c30-19-6-7-22-21(16-19)28(20-3-1-5-24-29(20)37-14-13-36-24)38-25(23-4-2-10-32(22)23)17-26(33)31-11-8-18(9-12-31)15-27(34)35/h1-7,10,16,18,25,28H,8-9,11-15,17H2,(H,34,35)/t25-,28-/m1/s1. The number of carbonyl (C=O) groups excluding carboxylic acids is 1. The van der Waals surface area contributed by atoms with Gasteiger partial charge in [0.15, 0.2) is 11.5 Å². The molecule has 9 heteroatoms. The van der Waals surface area contributed by atoms with Crippen molar-refractivity contribution < 1.29 is 28.9 Å². The smallest absolute Gasteiger partial charge is 0.303 e. The lowest BCUT2D eigenvalue weighted by atomic mass is 9.93. The number of aromatic nitrogens is 1. The molecule has 4 heterocycles. The minimum Gasteiger partial charge on any atom is -0.486 e. The number of carboxylic acids is 1. The highest BCUT2D eigenvalue weighted by Crippen LogP contribution is 2.47. The maximum absolute atomic E-state index is 13.5. The SMILES string of the molecule is O=C(O)CC1CCN(C(=O)C[C@H]2O[C@H](c3cccc4c3OCCO4)c3cc(Cl)ccc3-n3cccc32)CC1. The van der Waals surface area contributed by atoms with E-state index in [9.17, 15) is 9.59 Å². The number of para-hydroxylation sites is 1. The Morgan fingerprint density at radius 1 is 0.974 bits per heavy atom. The Morgan fingerprint density at radius 2 is 1.79 bits per heavy atom. The number of likely N-dealkylation sites (tertiary alicyclic amines) is 1. The molecule has 6 rings (SSSR count). The van der Waals surface area contributed by atoms with Crippen LogP contribution in [-0.2, 0) is 14.3 Å². The van der Waals surface area contributed by atoms with Crippen LogP contribution < -0.4 is 9.47 Å². The summed E-state index contributed by atoms with van der Waals surface area (Å²) in [5.74, 6) is 0.631. The van der Waals surface area contributed by atoms with Gasteiger partial charge in [-0.2, -0.15) is 0 Å². The maximum atomic E-state index is 13.5. The molecule has 1 amide bonds. The average Bonchev–Trinajstić information content (AvgIpc) is 3.36. The van der Waals surface area contributed by atoms with Crippen LogP contribution >= 0.6 is 11.6 Å².